The molecule has 0 radical (unpaired) electrons. The quantitative estimate of drug-likeness (QED) is 0.824. The van der Waals surface area contributed by atoms with Crippen LogP contribution < -0.4 is 0 Å². The van der Waals surface area contributed by atoms with Crippen molar-refractivity contribution in [1.82, 2.24) is 4.90 Å². The van der Waals surface area contributed by atoms with Gasteiger partial charge in [-0.3, -0.25) is 4.90 Å². The average molecular weight is 248 g/mol. The molecule has 0 spiro atoms. The minimum absolute atomic E-state index is 0.0313. The topological polar surface area (TPSA) is 67.5 Å². The highest BCUT2D eigenvalue weighted by molar-refractivity contribution is 5.32. The summed E-state index contributed by atoms with van der Waals surface area (Å²) in [5.41, 5.74) is 0.984. The summed E-state index contributed by atoms with van der Waals surface area (Å²) in [4.78, 5) is 1.91. The number of aliphatic hydroxyl groups excluding tert-OH is 2. The third-order valence-corrected chi connectivity index (χ3v) is 3.29. The van der Waals surface area contributed by atoms with Crippen molar-refractivity contribution in [1.29, 1.82) is 5.26 Å². The number of aliphatic hydroxyl groups is 2. The van der Waals surface area contributed by atoms with Crippen LogP contribution in [-0.4, -0.2) is 40.9 Å². The van der Waals surface area contributed by atoms with Gasteiger partial charge >= 0.3 is 0 Å². The average Bonchev–Trinajstić information content (AvgIpc) is 2.38. The first-order valence-corrected chi connectivity index (χ1v) is 5.91. The van der Waals surface area contributed by atoms with Crippen LogP contribution in [0.15, 0.2) is 24.3 Å². The van der Waals surface area contributed by atoms with E-state index in [9.17, 15) is 10.2 Å². The second-order valence-corrected chi connectivity index (χ2v) is 5.10. The monoisotopic (exact) mass is 248 g/mol. The number of benzene rings is 1. The van der Waals surface area contributed by atoms with E-state index in [0.717, 1.165) is 5.56 Å². The maximum atomic E-state index is 10.1. The first-order valence-electron chi connectivity index (χ1n) is 5.91. The molecule has 0 aliphatic rings. The summed E-state index contributed by atoms with van der Waals surface area (Å²) >= 11 is 0. The lowest BCUT2D eigenvalue weighted by Gasteiger charge is -2.35. The van der Waals surface area contributed by atoms with Crippen LogP contribution in [0.1, 0.15) is 31.1 Å². The van der Waals surface area contributed by atoms with E-state index in [-0.39, 0.29) is 12.1 Å². The normalized spacial score (nSPS) is 13.4. The predicted molar refractivity (Wildman–Crippen MR) is 69.9 cm³/mol. The zero-order chi connectivity index (χ0) is 13.8. The third kappa shape index (κ3) is 3.54. The van der Waals surface area contributed by atoms with Crippen molar-refractivity contribution in [2.75, 3.05) is 20.2 Å². The smallest absolute Gasteiger partial charge is 0.0991 e. The zero-order valence-corrected chi connectivity index (χ0v) is 11.1. The fourth-order valence-corrected chi connectivity index (χ4v) is 1.51. The van der Waals surface area contributed by atoms with Gasteiger partial charge in [0.15, 0.2) is 0 Å². The predicted octanol–water partition coefficient (Wildman–Crippen LogP) is 1.29. The van der Waals surface area contributed by atoms with Crippen LogP contribution in [-0.2, 0) is 0 Å². The Kier molecular flexibility index (Phi) is 4.85. The highest BCUT2D eigenvalue weighted by atomic mass is 16.3. The molecular weight excluding hydrogens is 228 g/mol. The van der Waals surface area contributed by atoms with E-state index in [1.165, 1.54) is 0 Å². The molecule has 2 N–H and O–H groups in total. The van der Waals surface area contributed by atoms with Crippen LogP contribution in [0.2, 0.25) is 0 Å². The van der Waals surface area contributed by atoms with Crippen LogP contribution in [0, 0.1) is 11.3 Å². The van der Waals surface area contributed by atoms with Gasteiger partial charge in [0.25, 0.3) is 0 Å². The van der Waals surface area contributed by atoms with Crippen LogP contribution in [0.25, 0.3) is 0 Å². The van der Waals surface area contributed by atoms with Crippen LogP contribution in [0.4, 0.5) is 0 Å². The number of β-amino-alcohol motifs (C(OH)–C–C–N with tert-alkyl or cyclic N) is 1. The molecule has 0 bridgehead atoms. The van der Waals surface area contributed by atoms with Gasteiger partial charge in [0, 0.05) is 12.1 Å². The summed E-state index contributed by atoms with van der Waals surface area (Å²) in [6.07, 6.45) is -0.631. The van der Waals surface area contributed by atoms with E-state index in [0.29, 0.717) is 12.1 Å². The molecule has 0 aromatic heterocycles. The van der Waals surface area contributed by atoms with Crippen molar-refractivity contribution >= 4 is 0 Å². The molecule has 0 saturated heterocycles. The van der Waals surface area contributed by atoms with E-state index < -0.39 is 6.10 Å². The Hall–Kier alpha value is -1.41. The molecule has 1 unspecified atom stereocenters. The molecule has 0 heterocycles. The summed E-state index contributed by atoms with van der Waals surface area (Å²) in [7, 11) is 1.86. The molecule has 0 saturated carbocycles. The van der Waals surface area contributed by atoms with E-state index in [4.69, 9.17) is 5.26 Å². The van der Waals surface area contributed by atoms with Crippen molar-refractivity contribution in [3.63, 3.8) is 0 Å². The van der Waals surface area contributed by atoms with Crippen LogP contribution in [0.3, 0.4) is 0 Å². The van der Waals surface area contributed by atoms with Gasteiger partial charge in [0.05, 0.1) is 24.3 Å². The minimum Gasteiger partial charge on any atom is -0.394 e. The Morgan fingerprint density at radius 2 is 1.89 bits per heavy atom. The Morgan fingerprint density at radius 1 is 1.33 bits per heavy atom. The lowest BCUT2D eigenvalue weighted by molar-refractivity contribution is 0.0360. The maximum absolute atomic E-state index is 10.1. The van der Waals surface area contributed by atoms with Crippen molar-refractivity contribution < 1.29 is 10.2 Å². The molecule has 0 fully saturated rings. The van der Waals surface area contributed by atoms with Gasteiger partial charge in [-0.05, 0) is 38.6 Å². The van der Waals surface area contributed by atoms with Gasteiger partial charge < -0.3 is 10.2 Å². The fraction of sp³-hybridized carbons (Fsp3) is 0.500. The van der Waals surface area contributed by atoms with E-state index in [1.54, 1.807) is 24.3 Å². The summed E-state index contributed by atoms with van der Waals surface area (Å²) in [6, 6.07) is 8.93. The van der Waals surface area contributed by atoms with Crippen LogP contribution in [0.5, 0.6) is 0 Å². The second-order valence-electron chi connectivity index (χ2n) is 5.10. The van der Waals surface area contributed by atoms with Gasteiger partial charge in [0.2, 0.25) is 0 Å². The largest absolute Gasteiger partial charge is 0.394 e. The summed E-state index contributed by atoms with van der Waals surface area (Å²) in [6.45, 7) is 4.29. The van der Waals surface area contributed by atoms with Gasteiger partial charge in [-0.25, -0.2) is 0 Å². The van der Waals surface area contributed by atoms with Crippen molar-refractivity contribution in [3.8, 4) is 6.07 Å². The fourth-order valence-electron chi connectivity index (χ4n) is 1.51. The second kappa shape index (κ2) is 5.96. The van der Waals surface area contributed by atoms with Crippen molar-refractivity contribution in [3.05, 3.63) is 35.4 Å². The third-order valence-electron chi connectivity index (χ3n) is 3.29. The first kappa shape index (κ1) is 14.7. The van der Waals surface area contributed by atoms with Gasteiger partial charge in [-0.15, -0.1) is 0 Å². The molecule has 0 amide bonds. The first-order chi connectivity index (χ1) is 8.40. The molecule has 4 heteroatoms. The van der Waals surface area contributed by atoms with Crippen molar-refractivity contribution in [2.24, 2.45) is 0 Å². The minimum atomic E-state index is -0.631. The Labute approximate surface area is 108 Å². The zero-order valence-electron chi connectivity index (χ0n) is 11.1. The van der Waals surface area contributed by atoms with Gasteiger partial charge in [0.1, 0.15) is 0 Å². The van der Waals surface area contributed by atoms with E-state index in [2.05, 4.69) is 0 Å². The number of likely N-dealkylation sites (N-methyl/N-ethyl adjacent to an activating group) is 1. The Morgan fingerprint density at radius 3 is 2.33 bits per heavy atom. The highest BCUT2D eigenvalue weighted by Crippen LogP contribution is 2.19. The number of hydrogen-bond acceptors (Lipinski definition) is 4. The molecule has 1 aromatic rings. The molecule has 0 aliphatic heterocycles. The molecule has 1 atom stereocenters. The molecular formula is C14H20N2O2. The molecule has 18 heavy (non-hydrogen) atoms. The summed E-state index contributed by atoms with van der Waals surface area (Å²) < 4.78 is 0. The summed E-state index contributed by atoms with van der Waals surface area (Å²) in [5.74, 6) is 0. The van der Waals surface area contributed by atoms with Gasteiger partial charge in [-0.1, -0.05) is 12.1 Å². The Bertz CT molecular complexity index is 420. The molecule has 1 aromatic carbocycles. The molecule has 0 aliphatic carbocycles. The van der Waals surface area contributed by atoms with Crippen molar-refractivity contribution in [2.45, 2.75) is 25.5 Å². The maximum Gasteiger partial charge on any atom is 0.0991 e. The van der Waals surface area contributed by atoms with Gasteiger partial charge in [-0.2, -0.15) is 5.26 Å². The molecule has 98 valence electrons. The van der Waals surface area contributed by atoms with E-state index in [1.807, 2.05) is 31.9 Å². The molecule has 4 nitrogen and oxygen atoms in total. The number of hydrogen-bond donors (Lipinski definition) is 2. The standard InChI is InChI=1S/C14H20N2O2/c1-14(2,10-17)16(3)9-13(18)12-6-4-11(8-15)5-7-12/h4-7,13,17-18H,9-10H2,1-3H3. The van der Waals surface area contributed by atoms with Crippen LogP contribution >= 0.6 is 0 Å². The lowest BCUT2D eigenvalue weighted by Crippen LogP contribution is -2.46. The number of nitrogens with zero attached hydrogens (tertiary/aromatic N) is 2. The molecule has 1 rings (SSSR count). The van der Waals surface area contributed by atoms with E-state index >= 15 is 0 Å². The lowest BCUT2D eigenvalue weighted by atomic mass is 10.0. The highest BCUT2D eigenvalue weighted by Gasteiger charge is 2.24. The Balaban J connectivity index is 2.70. The number of rotatable bonds is 5. The summed E-state index contributed by atoms with van der Waals surface area (Å²) in [5, 5.41) is 28.1. The SMILES string of the molecule is CN(CC(O)c1ccc(C#N)cc1)C(C)(C)CO. The number of nitriles is 1.